The molecule has 8 nitrogen and oxygen atoms in total. The Kier molecular flexibility index (Phi) is 8.66. The van der Waals surface area contributed by atoms with Crippen LogP contribution in [0.3, 0.4) is 0 Å². The van der Waals surface area contributed by atoms with Crippen molar-refractivity contribution in [1.29, 1.82) is 0 Å². The van der Waals surface area contributed by atoms with E-state index < -0.39 is 12.0 Å². The molecule has 1 aliphatic rings. The number of aromatic nitrogens is 3. The van der Waals surface area contributed by atoms with E-state index in [9.17, 15) is 4.79 Å². The number of thioether (sulfide) groups is 1. The van der Waals surface area contributed by atoms with Crippen molar-refractivity contribution in [3.05, 3.63) is 69.9 Å². The Labute approximate surface area is 226 Å². The minimum absolute atomic E-state index is 0.443. The minimum Gasteiger partial charge on any atom is -0.493 e. The Morgan fingerprint density at radius 3 is 2.68 bits per heavy atom. The first-order chi connectivity index (χ1) is 17.8. The molecule has 0 amide bonds. The molecule has 1 unspecified atom stereocenters. The van der Waals surface area contributed by atoms with E-state index in [1.807, 2.05) is 49.4 Å². The summed E-state index contributed by atoms with van der Waals surface area (Å²) in [6, 6.07) is 12.8. The number of nitrogens with one attached hydrogen (secondary N) is 1. The predicted molar refractivity (Wildman–Crippen MR) is 145 cm³/mol. The largest absolute Gasteiger partial charge is 0.493 e. The number of fused-ring (bicyclic) bond motifs is 1. The van der Waals surface area contributed by atoms with E-state index in [4.69, 9.17) is 30.9 Å². The van der Waals surface area contributed by atoms with Crippen LogP contribution in [0.5, 0.6) is 11.5 Å². The second-order valence-corrected chi connectivity index (χ2v) is 10.4. The molecular formula is C27H31ClN4O4S. The van der Waals surface area contributed by atoms with Gasteiger partial charge >= 0.3 is 5.97 Å². The second-order valence-electron chi connectivity index (χ2n) is 9.04. The predicted octanol–water partition coefficient (Wildman–Crippen LogP) is 6.12. The summed E-state index contributed by atoms with van der Waals surface area (Å²) in [6.07, 6.45) is 0.935. The minimum atomic E-state index is -0.565. The maximum atomic E-state index is 12.9. The monoisotopic (exact) mass is 542 g/mol. The third kappa shape index (κ3) is 6.05. The molecule has 1 aromatic heterocycles. The van der Waals surface area contributed by atoms with E-state index in [1.54, 1.807) is 11.8 Å². The fourth-order valence-electron chi connectivity index (χ4n) is 4.01. The van der Waals surface area contributed by atoms with Crippen molar-refractivity contribution in [2.45, 2.75) is 44.1 Å². The number of ether oxygens (including phenoxy) is 3. The quantitative estimate of drug-likeness (QED) is 0.242. The number of esters is 1. The third-order valence-electron chi connectivity index (χ3n) is 6.01. The van der Waals surface area contributed by atoms with Crippen LogP contribution in [0.2, 0.25) is 5.02 Å². The van der Waals surface area contributed by atoms with Crippen LogP contribution in [0, 0.1) is 5.92 Å². The van der Waals surface area contributed by atoms with Crippen LogP contribution in [-0.2, 0) is 15.3 Å². The summed E-state index contributed by atoms with van der Waals surface area (Å²) in [7, 11) is 2.97. The second kappa shape index (κ2) is 11.9. The van der Waals surface area contributed by atoms with E-state index in [-0.39, 0.29) is 0 Å². The van der Waals surface area contributed by atoms with Crippen LogP contribution in [0.4, 0.5) is 5.95 Å². The number of carbonyl (C=O) groups is 1. The number of halogens is 1. The molecule has 1 aliphatic heterocycles. The van der Waals surface area contributed by atoms with E-state index in [0.29, 0.717) is 57.2 Å². The molecule has 0 saturated carbocycles. The molecule has 3 aromatic rings. The average Bonchev–Trinajstić information content (AvgIpc) is 3.29. The van der Waals surface area contributed by atoms with Crippen molar-refractivity contribution in [3.8, 4) is 11.5 Å². The molecule has 0 saturated heterocycles. The van der Waals surface area contributed by atoms with Gasteiger partial charge in [-0.3, -0.25) is 0 Å². The van der Waals surface area contributed by atoms with Gasteiger partial charge in [-0.15, -0.1) is 5.10 Å². The third-order valence-corrected chi connectivity index (χ3v) is 7.26. The number of rotatable bonds is 10. The molecule has 0 radical (unpaired) electrons. The topological polar surface area (TPSA) is 87.5 Å². The van der Waals surface area contributed by atoms with E-state index in [2.05, 4.69) is 24.1 Å². The van der Waals surface area contributed by atoms with Gasteiger partial charge < -0.3 is 19.5 Å². The van der Waals surface area contributed by atoms with Gasteiger partial charge in [0.2, 0.25) is 11.1 Å². The Morgan fingerprint density at radius 1 is 1.19 bits per heavy atom. The number of nitrogens with zero attached hydrogens (tertiary/aromatic N) is 3. The van der Waals surface area contributed by atoms with Crippen LogP contribution in [0.1, 0.15) is 44.4 Å². The normalized spacial score (nSPS) is 14.8. The average molecular weight is 543 g/mol. The number of allylic oxidation sites excluding steroid dienone is 1. The zero-order chi connectivity index (χ0) is 26.5. The van der Waals surface area contributed by atoms with Crippen LogP contribution >= 0.6 is 23.4 Å². The summed E-state index contributed by atoms with van der Waals surface area (Å²) in [6.45, 7) is 6.72. The van der Waals surface area contributed by atoms with Gasteiger partial charge in [-0.1, -0.05) is 61.5 Å². The lowest BCUT2D eigenvalue weighted by Gasteiger charge is -2.28. The van der Waals surface area contributed by atoms with Crippen molar-refractivity contribution in [1.82, 2.24) is 14.8 Å². The highest BCUT2D eigenvalue weighted by molar-refractivity contribution is 7.98. The summed E-state index contributed by atoms with van der Waals surface area (Å²) in [5, 5.41) is 9.22. The van der Waals surface area contributed by atoms with Gasteiger partial charge in [0.05, 0.1) is 26.4 Å². The van der Waals surface area contributed by atoms with E-state index in [1.165, 1.54) is 18.9 Å². The summed E-state index contributed by atoms with van der Waals surface area (Å²) in [4.78, 5) is 17.6. The Balaban J connectivity index is 1.68. The molecule has 10 heteroatoms. The van der Waals surface area contributed by atoms with Gasteiger partial charge in [-0.05, 0) is 48.6 Å². The Bertz CT molecular complexity index is 1310. The fraction of sp³-hybridized carbons (Fsp3) is 0.370. The molecular weight excluding hydrogens is 512 g/mol. The standard InChI is InChI=1S/C27H31ClN4O4S/c1-16(2)12-13-36-21-11-10-18(14-22(21)34-4)24-23(25(33)35-5)17(3)29-26-30-27(31-32(24)26)37-15-19-8-6-7-9-20(19)28/h6-11,14,16,24H,12-13,15H2,1-5H3,(H,29,30,31). The molecule has 0 bridgehead atoms. The van der Waals surface area contributed by atoms with Crippen LogP contribution in [-0.4, -0.2) is 41.6 Å². The Morgan fingerprint density at radius 2 is 1.97 bits per heavy atom. The highest BCUT2D eigenvalue weighted by Crippen LogP contribution is 2.40. The number of carbonyl (C=O) groups excluding carboxylic acids is 1. The SMILES string of the molecule is COC(=O)C1=C(C)Nc2nc(SCc3ccccc3Cl)nn2C1c1ccc(OCCC(C)C)c(OC)c1. The summed E-state index contributed by atoms with van der Waals surface area (Å²) < 4.78 is 18.4. The lowest BCUT2D eigenvalue weighted by atomic mass is 9.95. The number of methoxy groups -OCH3 is 2. The Hall–Kier alpha value is -3.17. The summed E-state index contributed by atoms with van der Waals surface area (Å²) >= 11 is 7.79. The molecule has 2 heterocycles. The first-order valence-corrected chi connectivity index (χ1v) is 13.4. The lowest BCUT2D eigenvalue weighted by molar-refractivity contribution is -0.136. The molecule has 2 aromatic carbocycles. The molecule has 196 valence electrons. The molecule has 0 spiro atoms. The van der Waals surface area contributed by atoms with Gasteiger partial charge in [-0.25, -0.2) is 9.48 Å². The fourth-order valence-corrected chi connectivity index (χ4v) is 5.13. The van der Waals surface area contributed by atoms with Gasteiger partial charge in [0, 0.05) is 16.5 Å². The van der Waals surface area contributed by atoms with Gasteiger partial charge in [0.15, 0.2) is 11.5 Å². The van der Waals surface area contributed by atoms with Crippen molar-refractivity contribution < 1.29 is 19.0 Å². The molecule has 37 heavy (non-hydrogen) atoms. The lowest BCUT2D eigenvalue weighted by Crippen LogP contribution is -2.29. The zero-order valence-corrected chi connectivity index (χ0v) is 23.2. The number of hydrogen-bond acceptors (Lipinski definition) is 8. The molecule has 4 rings (SSSR count). The van der Waals surface area contributed by atoms with Crippen LogP contribution in [0.25, 0.3) is 0 Å². The van der Waals surface area contributed by atoms with Crippen molar-refractivity contribution in [2.24, 2.45) is 5.92 Å². The maximum Gasteiger partial charge on any atom is 0.338 e. The van der Waals surface area contributed by atoms with Crippen molar-refractivity contribution >= 4 is 35.3 Å². The maximum absolute atomic E-state index is 12.9. The van der Waals surface area contributed by atoms with Crippen LogP contribution in [0.15, 0.2) is 58.9 Å². The molecule has 1 N–H and O–H groups in total. The van der Waals surface area contributed by atoms with Gasteiger partial charge in [0.25, 0.3) is 0 Å². The summed E-state index contributed by atoms with van der Waals surface area (Å²) in [5.41, 5.74) is 2.88. The van der Waals surface area contributed by atoms with E-state index >= 15 is 0 Å². The zero-order valence-electron chi connectivity index (χ0n) is 21.6. The molecule has 0 fully saturated rings. The smallest absolute Gasteiger partial charge is 0.338 e. The highest BCUT2D eigenvalue weighted by atomic mass is 35.5. The highest BCUT2D eigenvalue weighted by Gasteiger charge is 2.35. The number of anilines is 1. The van der Waals surface area contributed by atoms with Crippen LogP contribution < -0.4 is 14.8 Å². The van der Waals surface area contributed by atoms with E-state index in [0.717, 1.165) is 17.5 Å². The molecule has 0 aliphatic carbocycles. The van der Waals surface area contributed by atoms with Gasteiger partial charge in [0.1, 0.15) is 6.04 Å². The number of benzene rings is 2. The number of hydrogen-bond donors (Lipinski definition) is 1. The van der Waals surface area contributed by atoms with Crippen molar-refractivity contribution in [3.63, 3.8) is 0 Å². The first kappa shape index (κ1) is 26.9. The van der Waals surface area contributed by atoms with Gasteiger partial charge in [-0.2, -0.15) is 4.98 Å². The summed E-state index contributed by atoms with van der Waals surface area (Å²) in [5.74, 6) is 2.46. The molecule has 1 atom stereocenters. The first-order valence-electron chi connectivity index (χ1n) is 12.0. The van der Waals surface area contributed by atoms with Crippen molar-refractivity contribution in [2.75, 3.05) is 26.1 Å².